The van der Waals surface area contributed by atoms with Crippen LogP contribution in [0.1, 0.15) is 10.9 Å². The number of thiophene rings is 1. The number of hydrogen-bond acceptors (Lipinski definition) is 3. The summed E-state index contributed by atoms with van der Waals surface area (Å²) in [5.41, 5.74) is 5.56. The highest BCUT2D eigenvalue weighted by Gasteiger charge is 2.10. The molecule has 0 unspecified atom stereocenters. The summed E-state index contributed by atoms with van der Waals surface area (Å²) in [6.07, 6.45) is 0. The van der Waals surface area contributed by atoms with Gasteiger partial charge in [-0.2, -0.15) is 0 Å². The summed E-state index contributed by atoms with van der Waals surface area (Å²) in [6, 6.07) is 1.51. The van der Waals surface area contributed by atoms with E-state index in [1.165, 1.54) is 11.3 Å². The minimum atomic E-state index is -0.316. The van der Waals surface area contributed by atoms with Gasteiger partial charge in [-0.05, 0) is 22.0 Å². The Kier molecular flexibility index (Phi) is 3.33. The van der Waals surface area contributed by atoms with Crippen LogP contribution in [0.3, 0.4) is 0 Å². The molecule has 0 fully saturated rings. The molecule has 0 spiro atoms. The van der Waals surface area contributed by atoms with Gasteiger partial charge in [0.05, 0.1) is 12.6 Å². The van der Waals surface area contributed by atoms with E-state index in [1.807, 2.05) is 6.07 Å². The van der Waals surface area contributed by atoms with E-state index in [0.29, 0.717) is 4.34 Å². The van der Waals surface area contributed by atoms with Gasteiger partial charge < -0.3 is 10.8 Å². The lowest BCUT2D eigenvalue weighted by Gasteiger charge is -2.02. The summed E-state index contributed by atoms with van der Waals surface area (Å²) in [7, 11) is 0. The lowest BCUT2D eigenvalue weighted by atomic mass is 10.3. The van der Waals surface area contributed by atoms with Crippen LogP contribution in [-0.2, 0) is 0 Å². The summed E-state index contributed by atoms with van der Waals surface area (Å²) in [5.74, 6) is 0. The topological polar surface area (TPSA) is 46.2 Å². The van der Waals surface area contributed by atoms with Gasteiger partial charge in [0.25, 0.3) is 0 Å². The molecule has 1 heterocycles. The number of aliphatic hydroxyl groups excluding tert-OH is 1. The Morgan fingerprint density at radius 1 is 1.82 bits per heavy atom. The highest BCUT2D eigenvalue weighted by molar-refractivity contribution is 9.10. The standard InChI is InChI=1S/C6H7BrClNOS/c7-3-1-5(4(9)2-10)11-6(3)8/h1,4,10H,2,9H2/t4-/m0/s1. The molecule has 1 atom stereocenters. The number of rotatable bonds is 2. The maximum atomic E-state index is 8.71. The summed E-state index contributed by atoms with van der Waals surface area (Å²) in [6.45, 7) is -0.0523. The van der Waals surface area contributed by atoms with Crippen molar-refractivity contribution in [1.29, 1.82) is 0 Å². The minimum Gasteiger partial charge on any atom is -0.394 e. The molecule has 2 nitrogen and oxygen atoms in total. The third kappa shape index (κ3) is 2.16. The summed E-state index contributed by atoms with van der Waals surface area (Å²) < 4.78 is 1.51. The monoisotopic (exact) mass is 255 g/mol. The molecular formula is C6H7BrClNOS. The van der Waals surface area contributed by atoms with Crippen molar-refractivity contribution in [1.82, 2.24) is 0 Å². The average Bonchev–Trinajstić information content (AvgIpc) is 2.31. The lowest BCUT2D eigenvalue weighted by molar-refractivity contribution is 0.269. The van der Waals surface area contributed by atoms with E-state index >= 15 is 0 Å². The third-order valence-corrected chi connectivity index (χ3v) is 3.83. The molecule has 0 aliphatic carbocycles. The molecule has 3 N–H and O–H groups in total. The Hall–Kier alpha value is 0.390. The highest BCUT2D eigenvalue weighted by atomic mass is 79.9. The van der Waals surface area contributed by atoms with Gasteiger partial charge >= 0.3 is 0 Å². The third-order valence-electron chi connectivity index (χ3n) is 1.23. The first-order chi connectivity index (χ1) is 5.15. The molecule has 1 aromatic rings. The first kappa shape index (κ1) is 9.48. The summed E-state index contributed by atoms with van der Waals surface area (Å²) in [5, 5.41) is 8.71. The summed E-state index contributed by atoms with van der Waals surface area (Å²) in [4.78, 5) is 0.893. The number of hydrogen-bond donors (Lipinski definition) is 2. The Labute approximate surface area is 82.1 Å². The van der Waals surface area contributed by atoms with Crippen LogP contribution in [0.4, 0.5) is 0 Å². The molecule has 1 rings (SSSR count). The lowest BCUT2D eigenvalue weighted by Crippen LogP contribution is -2.12. The van der Waals surface area contributed by atoms with Gasteiger partial charge in [0.15, 0.2) is 0 Å². The predicted molar refractivity (Wildman–Crippen MR) is 51.0 cm³/mol. The zero-order valence-corrected chi connectivity index (χ0v) is 8.71. The van der Waals surface area contributed by atoms with Gasteiger partial charge in [-0.25, -0.2) is 0 Å². The largest absolute Gasteiger partial charge is 0.394 e. The van der Waals surface area contributed by atoms with Gasteiger partial charge in [-0.15, -0.1) is 11.3 Å². The van der Waals surface area contributed by atoms with Crippen LogP contribution in [0, 0.1) is 0 Å². The maximum absolute atomic E-state index is 8.71. The number of halogens is 2. The van der Waals surface area contributed by atoms with Crippen molar-refractivity contribution in [3.63, 3.8) is 0 Å². The average molecular weight is 257 g/mol. The fourth-order valence-corrected chi connectivity index (χ4v) is 2.36. The van der Waals surface area contributed by atoms with Crippen LogP contribution < -0.4 is 5.73 Å². The Balaban J connectivity index is 2.88. The normalized spacial score (nSPS) is 13.5. The highest BCUT2D eigenvalue weighted by Crippen LogP contribution is 2.34. The first-order valence-electron chi connectivity index (χ1n) is 2.96. The van der Waals surface area contributed by atoms with E-state index in [4.69, 9.17) is 22.4 Å². The molecule has 11 heavy (non-hydrogen) atoms. The molecule has 0 aromatic carbocycles. The van der Waals surface area contributed by atoms with E-state index in [0.717, 1.165) is 9.35 Å². The van der Waals surface area contributed by atoms with Crippen LogP contribution in [0.5, 0.6) is 0 Å². The van der Waals surface area contributed by atoms with Gasteiger partial charge in [0, 0.05) is 9.35 Å². The molecule has 1 aromatic heterocycles. The van der Waals surface area contributed by atoms with Crippen LogP contribution in [0.2, 0.25) is 4.34 Å². The molecule has 0 radical (unpaired) electrons. The maximum Gasteiger partial charge on any atom is 0.107 e. The van der Waals surface area contributed by atoms with Crippen LogP contribution in [0.15, 0.2) is 10.5 Å². The van der Waals surface area contributed by atoms with E-state index in [1.54, 1.807) is 0 Å². The van der Waals surface area contributed by atoms with Crippen molar-refractivity contribution in [2.45, 2.75) is 6.04 Å². The van der Waals surface area contributed by atoms with E-state index in [9.17, 15) is 0 Å². The predicted octanol–water partition coefficient (Wildman–Crippen LogP) is 2.16. The van der Waals surface area contributed by atoms with Gasteiger partial charge in [0.2, 0.25) is 0 Å². The molecule has 0 saturated carbocycles. The SMILES string of the molecule is N[C@@H](CO)c1cc(Br)c(Cl)s1. The zero-order valence-electron chi connectivity index (χ0n) is 5.55. The molecular weight excluding hydrogens is 249 g/mol. The second-order valence-electron chi connectivity index (χ2n) is 2.06. The first-order valence-corrected chi connectivity index (χ1v) is 4.95. The molecule has 5 heteroatoms. The Morgan fingerprint density at radius 2 is 2.45 bits per heavy atom. The molecule has 0 aliphatic rings. The van der Waals surface area contributed by atoms with Gasteiger partial charge in [-0.3, -0.25) is 0 Å². The number of aliphatic hydroxyl groups is 1. The van der Waals surface area contributed by atoms with Crippen LogP contribution >= 0.6 is 38.9 Å². The fourth-order valence-electron chi connectivity index (χ4n) is 0.636. The molecule has 0 bridgehead atoms. The second-order valence-corrected chi connectivity index (χ2v) is 4.60. The van der Waals surface area contributed by atoms with Gasteiger partial charge in [0.1, 0.15) is 4.34 Å². The Bertz CT molecular complexity index is 233. The van der Waals surface area contributed by atoms with E-state index in [2.05, 4.69) is 15.9 Å². The fraction of sp³-hybridized carbons (Fsp3) is 0.333. The minimum absolute atomic E-state index is 0.0523. The molecule has 0 aliphatic heterocycles. The molecule has 62 valence electrons. The van der Waals surface area contributed by atoms with Crippen molar-refractivity contribution in [2.24, 2.45) is 5.73 Å². The van der Waals surface area contributed by atoms with Crippen LogP contribution in [-0.4, -0.2) is 11.7 Å². The van der Waals surface area contributed by atoms with Crippen molar-refractivity contribution in [2.75, 3.05) is 6.61 Å². The summed E-state index contributed by atoms with van der Waals surface area (Å²) >= 11 is 10.4. The molecule has 0 saturated heterocycles. The van der Waals surface area contributed by atoms with E-state index in [-0.39, 0.29) is 12.6 Å². The quantitative estimate of drug-likeness (QED) is 0.852. The smallest absolute Gasteiger partial charge is 0.107 e. The Morgan fingerprint density at radius 3 is 2.82 bits per heavy atom. The van der Waals surface area contributed by atoms with Crippen molar-refractivity contribution < 1.29 is 5.11 Å². The zero-order chi connectivity index (χ0) is 8.43. The van der Waals surface area contributed by atoms with Gasteiger partial charge in [-0.1, -0.05) is 11.6 Å². The number of nitrogens with two attached hydrogens (primary N) is 1. The van der Waals surface area contributed by atoms with Crippen LogP contribution in [0.25, 0.3) is 0 Å². The second kappa shape index (κ2) is 3.87. The van der Waals surface area contributed by atoms with Crippen molar-refractivity contribution in [3.05, 3.63) is 19.8 Å². The van der Waals surface area contributed by atoms with Crippen molar-refractivity contribution in [3.8, 4) is 0 Å². The molecule has 0 amide bonds. The van der Waals surface area contributed by atoms with Crippen molar-refractivity contribution >= 4 is 38.9 Å². The van der Waals surface area contributed by atoms with E-state index < -0.39 is 0 Å².